The Labute approximate surface area is 766 Å². The summed E-state index contributed by atoms with van der Waals surface area (Å²) < 4.78 is 46.2. The van der Waals surface area contributed by atoms with Crippen LogP contribution < -0.4 is 41.5 Å². The van der Waals surface area contributed by atoms with Gasteiger partial charge in [0.1, 0.15) is 24.2 Å². The molecule has 3 radical (unpaired) electrons. The molecular weight excluding hydrogens is 2070 g/mol. The van der Waals surface area contributed by atoms with Crippen LogP contribution in [0.5, 0.6) is 0 Å². The van der Waals surface area contributed by atoms with Crippen molar-refractivity contribution in [2.45, 2.75) is 98.7 Å². The van der Waals surface area contributed by atoms with Crippen LogP contribution in [-0.4, -0.2) is 70.3 Å². The monoisotopic (exact) mass is 2180 g/mol. The van der Waals surface area contributed by atoms with E-state index in [9.17, 15) is 0 Å². The van der Waals surface area contributed by atoms with Crippen molar-refractivity contribution in [2.24, 2.45) is 5.92 Å². The Morgan fingerprint density at radius 1 is 0.283 bits per heavy atom. The van der Waals surface area contributed by atoms with Crippen LogP contribution in [0.15, 0.2) is 334 Å². The molecule has 10 aromatic carbocycles. The van der Waals surface area contributed by atoms with Gasteiger partial charge in [-0.1, -0.05) is 244 Å². The zero-order valence-electron chi connectivity index (χ0n) is 75.7. The number of hydrogen-bond acceptors (Lipinski definition) is 6. The Morgan fingerprint density at radius 3 is 0.858 bits per heavy atom. The molecule has 6 aromatic heterocycles. The molecule has 0 aliphatic carbocycles. The Balaban J connectivity index is 0.000000146. The molecule has 3 aliphatic rings. The second-order valence-corrected chi connectivity index (χ2v) is 53.8. The summed E-state index contributed by atoms with van der Waals surface area (Å²) in [5, 5.41) is 10.6. The Hall–Kier alpha value is -9.87. The number of aromatic nitrogens is 6. The minimum absolute atomic E-state index is 0. The first-order chi connectivity index (χ1) is 58.9. The number of fused-ring (bicyclic) bond motifs is 9. The van der Waals surface area contributed by atoms with Crippen molar-refractivity contribution in [3.8, 4) is 112 Å². The molecule has 3 aliphatic heterocycles. The molecule has 14 heteroatoms. The van der Waals surface area contributed by atoms with Crippen LogP contribution >= 0.6 is 0 Å². The smallest absolute Gasteiger partial charge is 0.115 e. The summed E-state index contributed by atoms with van der Waals surface area (Å²) in [6.45, 7) is 22.3. The van der Waals surface area contributed by atoms with Gasteiger partial charge in [-0.25, -0.2) is 0 Å². The minimum Gasteiger partial charge on any atom is -0.305 e. The van der Waals surface area contributed by atoms with Crippen molar-refractivity contribution in [1.82, 2.24) is 29.9 Å². The van der Waals surface area contributed by atoms with E-state index in [0.717, 1.165) is 68.3 Å². The van der Waals surface area contributed by atoms with Crippen LogP contribution in [0.1, 0.15) is 27.6 Å². The Morgan fingerprint density at radius 2 is 0.567 bits per heavy atom. The van der Waals surface area contributed by atoms with Crippen LogP contribution in [0, 0.1) is 42.3 Å². The van der Waals surface area contributed by atoms with Crippen molar-refractivity contribution >= 4 is 81.9 Å². The SMILES string of the molecule is CC(C)Cc1cc(-c2[c-]cccc2)ncc1-c1ccccc1.C[Si](C)(C)c1ccc(-c2[c-]cccc2)nc1.C[Si]1(C)c2ccccc2-c2cc(-c3[c-]cccc3)ncc21.C[Si]1(C)c2ccccc2-c2cc(-c3[c-]cccc3)ncc21.C[Si]1(C)c2ccccc2-c2cc(-c3[c-]cccc3)ncc21.[2H]C([2H])([2H])[Si](C)(c1ccc(-c2[c-]cccc2)nc1)C([2H])([2H])[2H].[Ir].[Ir].[Ir]. The van der Waals surface area contributed by atoms with Gasteiger partial charge in [-0.05, 0) is 133 Å². The molecule has 0 saturated heterocycles. The molecular formula is C106H100Ir3N6Si5-6. The minimum atomic E-state index is -3.73. The fraction of sp³-hybridized carbons (Fsp3) is 0.151. The van der Waals surface area contributed by atoms with E-state index in [0.29, 0.717) is 16.8 Å². The largest absolute Gasteiger partial charge is 0.305 e. The summed E-state index contributed by atoms with van der Waals surface area (Å²) in [4.78, 5) is 27.5. The van der Waals surface area contributed by atoms with Gasteiger partial charge in [-0.15, -0.1) is 215 Å². The molecule has 0 amide bonds. The van der Waals surface area contributed by atoms with Gasteiger partial charge in [0.25, 0.3) is 0 Å². The van der Waals surface area contributed by atoms with Gasteiger partial charge in [0.05, 0.1) is 16.1 Å². The molecule has 607 valence electrons. The van der Waals surface area contributed by atoms with E-state index >= 15 is 0 Å². The second-order valence-electron chi connectivity index (χ2n) is 32.9. The maximum absolute atomic E-state index is 7.70. The molecule has 0 bridgehead atoms. The van der Waals surface area contributed by atoms with Gasteiger partial charge >= 0.3 is 0 Å². The first-order valence-corrected chi connectivity index (χ1v) is 55.0. The predicted molar refractivity (Wildman–Crippen MR) is 508 cm³/mol. The van der Waals surface area contributed by atoms with E-state index in [4.69, 9.17) is 23.2 Å². The van der Waals surface area contributed by atoms with E-state index in [-0.39, 0.29) is 60.3 Å². The molecule has 9 heterocycles. The molecule has 0 saturated carbocycles. The third-order valence-corrected chi connectivity index (χ3v) is 36.0. The summed E-state index contributed by atoms with van der Waals surface area (Å²) in [5.74, 6) is 0.609. The van der Waals surface area contributed by atoms with Crippen molar-refractivity contribution in [1.29, 1.82) is 0 Å². The fourth-order valence-corrected chi connectivity index (χ4v) is 26.1. The zero-order chi connectivity index (χ0) is 86.9. The van der Waals surface area contributed by atoms with Crippen molar-refractivity contribution in [2.75, 3.05) is 0 Å². The maximum Gasteiger partial charge on any atom is 0.115 e. The second kappa shape index (κ2) is 40.2. The third kappa shape index (κ3) is 21.0. The number of pyridine rings is 6. The first-order valence-electron chi connectivity index (χ1n) is 43.0. The number of nitrogens with zero attached hydrogens (tertiary/aromatic N) is 6. The normalized spacial score (nSPS) is 13.6. The van der Waals surface area contributed by atoms with Gasteiger partial charge in [0, 0.05) is 111 Å². The molecule has 19 rings (SSSR count). The van der Waals surface area contributed by atoms with Crippen LogP contribution in [0.3, 0.4) is 0 Å². The van der Waals surface area contributed by atoms with Crippen LogP contribution in [0.2, 0.25) is 78.4 Å². The summed E-state index contributed by atoms with van der Waals surface area (Å²) in [7, 11) is -9.69. The molecule has 0 atom stereocenters. The summed E-state index contributed by atoms with van der Waals surface area (Å²) in [5.41, 5.74) is 23.8. The zero-order valence-corrected chi connectivity index (χ0v) is 81.9. The van der Waals surface area contributed by atoms with Crippen molar-refractivity contribution < 1.29 is 68.5 Å². The van der Waals surface area contributed by atoms with E-state index in [1.165, 1.54) is 99.1 Å². The number of hydrogen-bond donors (Lipinski definition) is 0. The van der Waals surface area contributed by atoms with E-state index in [1.54, 1.807) is 18.2 Å². The Bertz CT molecular complexity index is 5950. The van der Waals surface area contributed by atoms with Gasteiger partial charge in [-0.2, -0.15) is 0 Å². The van der Waals surface area contributed by atoms with Gasteiger partial charge in [0.2, 0.25) is 0 Å². The first kappa shape index (κ1) is 82.4. The molecule has 16 aromatic rings. The maximum atomic E-state index is 7.70. The molecule has 6 nitrogen and oxygen atoms in total. The Kier molecular flexibility index (Phi) is 27.6. The van der Waals surface area contributed by atoms with Crippen LogP contribution in [0.25, 0.3) is 112 Å². The van der Waals surface area contributed by atoms with Gasteiger partial charge < -0.3 is 29.9 Å². The average Bonchev–Trinajstić information content (AvgIpc) is 1.26. The van der Waals surface area contributed by atoms with Gasteiger partial charge in [0.15, 0.2) is 0 Å². The molecule has 0 unspecified atom stereocenters. The standard InChI is InChI=1S/C21H20N.3C19H16NSi.2C14H16NSi.3Ir/c1-16(2)13-19-14-21(18-11-7-4-8-12-18)22-15-20(19)17-9-5-3-6-10-17;3*1-21(2)18-11-7-6-10-15(18)16-12-17(20-13-19(16)21)14-8-4-3-5-9-14;2*1-16(2,3)13-9-10-14(15-11-13)12-7-5-4-6-8-12;;;/h3-11,14-16H,13H2,1-2H3;3*3-8,10-13H,1-2H3;2*4-7,9-11H,1-3H3;;;/q6*-1;;;/i;;;;1D3,2D3;;;;. The predicted octanol–water partition coefficient (Wildman–Crippen LogP) is 21.7. The number of benzene rings is 10. The van der Waals surface area contributed by atoms with E-state index < -0.39 is 53.3 Å². The molecule has 0 spiro atoms. The van der Waals surface area contributed by atoms with E-state index in [2.05, 4.69) is 300 Å². The van der Waals surface area contributed by atoms with Gasteiger partial charge in [-0.3, -0.25) is 0 Å². The summed E-state index contributed by atoms with van der Waals surface area (Å²) in [6.07, 6.45) is 12.7. The molecule has 0 N–H and O–H groups in total. The number of rotatable bonds is 11. The van der Waals surface area contributed by atoms with Crippen molar-refractivity contribution in [3.63, 3.8) is 0 Å². The fourth-order valence-electron chi connectivity index (χ4n) is 15.5. The molecule has 120 heavy (non-hydrogen) atoms. The average molecular weight is 2180 g/mol. The molecule has 0 fully saturated rings. The topological polar surface area (TPSA) is 77.3 Å². The quantitative estimate of drug-likeness (QED) is 0.0949. The van der Waals surface area contributed by atoms with Crippen molar-refractivity contribution in [3.05, 3.63) is 376 Å². The third-order valence-electron chi connectivity index (χ3n) is 22.0. The van der Waals surface area contributed by atoms with E-state index in [1.807, 2.05) is 134 Å². The summed E-state index contributed by atoms with van der Waals surface area (Å²) >= 11 is 0. The summed E-state index contributed by atoms with van der Waals surface area (Å²) in [6, 6.07) is 120. The van der Waals surface area contributed by atoms with Crippen LogP contribution in [0.4, 0.5) is 0 Å². The van der Waals surface area contributed by atoms with Crippen LogP contribution in [-0.2, 0) is 66.7 Å².